The van der Waals surface area contributed by atoms with Crippen LogP contribution in [-0.2, 0) is 0 Å². The van der Waals surface area contributed by atoms with E-state index >= 15 is 0 Å². The number of hydrogen-bond acceptors (Lipinski definition) is 2. The average Bonchev–Trinajstić information content (AvgIpc) is 2.03. The second-order valence-electron chi connectivity index (χ2n) is 1.89. The summed E-state index contributed by atoms with van der Waals surface area (Å²) in [6.07, 6.45) is 0.507. The van der Waals surface area contributed by atoms with Crippen molar-refractivity contribution in [3.8, 4) is 5.75 Å². The predicted octanol–water partition coefficient (Wildman–Crippen LogP) is 1.73. The highest BCUT2D eigenvalue weighted by Gasteiger charge is 2.02. The number of hydrogen-bond donors (Lipinski definition) is 0. The summed E-state index contributed by atoms with van der Waals surface area (Å²) in [4.78, 5) is 3.69. The largest absolute Gasteiger partial charge is 0.486 e. The third kappa shape index (κ3) is 2.93. The van der Waals surface area contributed by atoms with E-state index in [1.165, 1.54) is 6.20 Å². The first-order valence-electron chi connectivity index (χ1n) is 3.10. The zero-order valence-corrected chi connectivity index (χ0v) is 5.71. The van der Waals surface area contributed by atoms with E-state index in [9.17, 15) is 8.78 Å². The van der Waals surface area contributed by atoms with Crippen LogP contribution in [0.1, 0.15) is 0 Å². The van der Waals surface area contributed by atoms with Crippen LogP contribution in [0.3, 0.4) is 0 Å². The summed E-state index contributed by atoms with van der Waals surface area (Å²) >= 11 is 0. The lowest BCUT2D eigenvalue weighted by Gasteiger charge is -2.02. The van der Waals surface area contributed by atoms with Gasteiger partial charge in [0.25, 0.3) is 6.43 Å². The minimum Gasteiger partial charge on any atom is -0.486 e. The van der Waals surface area contributed by atoms with Crippen LogP contribution in [0.2, 0.25) is 0 Å². The smallest absolute Gasteiger partial charge is 0.272 e. The van der Waals surface area contributed by atoms with Crippen LogP contribution in [-0.4, -0.2) is 18.0 Å². The molecule has 0 aliphatic rings. The fourth-order valence-corrected chi connectivity index (χ4v) is 0.592. The Morgan fingerprint density at radius 1 is 1.55 bits per heavy atom. The van der Waals surface area contributed by atoms with Gasteiger partial charge in [-0.2, -0.15) is 0 Å². The van der Waals surface area contributed by atoms with Gasteiger partial charge < -0.3 is 4.74 Å². The first-order valence-corrected chi connectivity index (χ1v) is 3.10. The van der Waals surface area contributed by atoms with Crippen molar-refractivity contribution >= 4 is 0 Å². The molecule has 0 radical (unpaired) electrons. The number of pyridine rings is 1. The summed E-state index contributed by atoms with van der Waals surface area (Å²) in [5.41, 5.74) is 0. The maximum atomic E-state index is 11.6. The number of aromatic nitrogens is 1. The Balaban J connectivity index is 2.39. The fraction of sp³-hybridized carbons (Fsp3) is 0.286. The lowest BCUT2D eigenvalue weighted by atomic mass is 10.5. The minimum absolute atomic E-state index is 0.368. The molecule has 0 amide bonds. The molecular formula is C7H7F2NO. The van der Waals surface area contributed by atoms with Gasteiger partial charge in [0.15, 0.2) is 0 Å². The SMILES string of the molecule is FC(F)COc1cccnc1. The standard InChI is InChI=1S/C7H7F2NO/c8-7(9)5-11-6-2-1-3-10-4-6/h1-4,7H,5H2. The maximum Gasteiger partial charge on any atom is 0.272 e. The highest BCUT2D eigenvalue weighted by atomic mass is 19.3. The van der Waals surface area contributed by atoms with E-state index in [0.29, 0.717) is 5.75 Å². The van der Waals surface area contributed by atoms with Crippen LogP contribution in [0.4, 0.5) is 8.78 Å². The molecule has 0 bridgehead atoms. The summed E-state index contributed by atoms with van der Waals surface area (Å²) in [6.45, 7) is -0.578. The molecule has 0 fully saturated rings. The van der Waals surface area contributed by atoms with Crippen molar-refractivity contribution in [2.75, 3.05) is 6.61 Å². The first-order chi connectivity index (χ1) is 5.29. The molecule has 11 heavy (non-hydrogen) atoms. The molecule has 4 heteroatoms. The van der Waals surface area contributed by atoms with E-state index in [4.69, 9.17) is 0 Å². The van der Waals surface area contributed by atoms with Crippen molar-refractivity contribution in [2.45, 2.75) is 6.43 Å². The van der Waals surface area contributed by atoms with Gasteiger partial charge in [-0.1, -0.05) is 0 Å². The molecule has 60 valence electrons. The lowest BCUT2D eigenvalue weighted by molar-refractivity contribution is 0.0817. The third-order valence-corrected chi connectivity index (χ3v) is 1.01. The number of rotatable bonds is 3. The van der Waals surface area contributed by atoms with Crippen molar-refractivity contribution in [1.29, 1.82) is 0 Å². The highest BCUT2D eigenvalue weighted by molar-refractivity contribution is 5.15. The first kappa shape index (κ1) is 7.91. The molecule has 0 atom stereocenters. The van der Waals surface area contributed by atoms with Gasteiger partial charge in [-0.05, 0) is 12.1 Å². The van der Waals surface area contributed by atoms with E-state index in [1.807, 2.05) is 0 Å². The van der Waals surface area contributed by atoms with Crippen LogP contribution >= 0.6 is 0 Å². The Bertz CT molecular complexity index is 203. The number of ether oxygens (including phenoxy) is 1. The molecule has 0 saturated carbocycles. The zero-order valence-electron chi connectivity index (χ0n) is 5.71. The monoisotopic (exact) mass is 159 g/mol. The van der Waals surface area contributed by atoms with Gasteiger partial charge in [-0.3, -0.25) is 4.98 Å². The molecule has 2 nitrogen and oxygen atoms in total. The summed E-state index contributed by atoms with van der Waals surface area (Å²) in [7, 11) is 0. The van der Waals surface area contributed by atoms with Gasteiger partial charge in [0.1, 0.15) is 12.4 Å². The molecule has 0 aliphatic carbocycles. The molecule has 0 unspecified atom stereocenters. The molecule has 1 aromatic rings. The third-order valence-electron chi connectivity index (χ3n) is 1.01. The van der Waals surface area contributed by atoms with Gasteiger partial charge in [0.2, 0.25) is 0 Å². The molecule has 0 saturated heterocycles. The highest BCUT2D eigenvalue weighted by Crippen LogP contribution is 2.07. The van der Waals surface area contributed by atoms with Gasteiger partial charge in [0, 0.05) is 6.20 Å². The molecule has 1 heterocycles. The van der Waals surface area contributed by atoms with E-state index in [-0.39, 0.29) is 0 Å². The second kappa shape index (κ2) is 3.85. The van der Waals surface area contributed by atoms with Crippen LogP contribution in [0.5, 0.6) is 5.75 Å². The Labute approximate surface area is 62.8 Å². The van der Waals surface area contributed by atoms with Crippen LogP contribution < -0.4 is 4.74 Å². The molecular weight excluding hydrogens is 152 g/mol. The van der Waals surface area contributed by atoms with Crippen molar-refractivity contribution < 1.29 is 13.5 Å². The molecule has 0 spiro atoms. The molecule has 0 aromatic carbocycles. The van der Waals surface area contributed by atoms with E-state index in [2.05, 4.69) is 9.72 Å². The van der Waals surface area contributed by atoms with Gasteiger partial charge in [0.05, 0.1) is 6.20 Å². The van der Waals surface area contributed by atoms with Crippen molar-refractivity contribution in [1.82, 2.24) is 4.98 Å². The number of halogens is 2. The van der Waals surface area contributed by atoms with Crippen molar-refractivity contribution in [2.24, 2.45) is 0 Å². The Morgan fingerprint density at radius 3 is 2.91 bits per heavy atom. The maximum absolute atomic E-state index is 11.6. The fourth-order valence-electron chi connectivity index (χ4n) is 0.592. The Morgan fingerprint density at radius 2 is 2.36 bits per heavy atom. The van der Waals surface area contributed by atoms with E-state index in [0.717, 1.165) is 0 Å². The van der Waals surface area contributed by atoms with Crippen molar-refractivity contribution in [3.05, 3.63) is 24.5 Å². The molecule has 0 aliphatic heterocycles. The average molecular weight is 159 g/mol. The summed E-state index contributed by atoms with van der Waals surface area (Å²) in [6, 6.07) is 3.20. The summed E-state index contributed by atoms with van der Waals surface area (Å²) in [5.74, 6) is 0.368. The number of alkyl halides is 2. The second-order valence-corrected chi connectivity index (χ2v) is 1.89. The van der Waals surface area contributed by atoms with E-state index < -0.39 is 13.0 Å². The topological polar surface area (TPSA) is 22.1 Å². The lowest BCUT2D eigenvalue weighted by Crippen LogP contribution is -2.06. The molecule has 1 rings (SSSR count). The van der Waals surface area contributed by atoms with Crippen LogP contribution in [0.15, 0.2) is 24.5 Å². The summed E-state index contributed by atoms with van der Waals surface area (Å²) in [5, 5.41) is 0. The Kier molecular flexibility index (Phi) is 2.77. The predicted molar refractivity (Wildman–Crippen MR) is 35.7 cm³/mol. The molecule has 1 aromatic heterocycles. The zero-order chi connectivity index (χ0) is 8.10. The van der Waals surface area contributed by atoms with Crippen LogP contribution in [0.25, 0.3) is 0 Å². The van der Waals surface area contributed by atoms with E-state index in [1.54, 1.807) is 18.3 Å². The van der Waals surface area contributed by atoms with Gasteiger partial charge in [-0.25, -0.2) is 8.78 Å². The quantitative estimate of drug-likeness (QED) is 0.670. The summed E-state index contributed by atoms with van der Waals surface area (Å²) < 4.78 is 27.8. The molecule has 0 N–H and O–H groups in total. The minimum atomic E-state index is -2.43. The van der Waals surface area contributed by atoms with Crippen LogP contribution in [0, 0.1) is 0 Å². The normalized spacial score (nSPS) is 10.1. The number of nitrogens with zero attached hydrogens (tertiary/aromatic N) is 1. The Hall–Kier alpha value is -1.19. The van der Waals surface area contributed by atoms with Crippen molar-refractivity contribution in [3.63, 3.8) is 0 Å². The van der Waals surface area contributed by atoms with Gasteiger partial charge >= 0.3 is 0 Å². The van der Waals surface area contributed by atoms with Gasteiger partial charge in [-0.15, -0.1) is 0 Å².